The molecule has 0 saturated carbocycles. The lowest BCUT2D eigenvalue weighted by molar-refractivity contribution is -0.137. The number of unbranched alkanes of at least 4 members (excludes halogenated alkanes) is 1. The van der Waals surface area contributed by atoms with Crippen LogP contribution in [0.5, 0.6) is 0 Å². The lowest BCUT2D eigenvalue weighted by Crippen LogP contribution is -2.01. The second kappa shape index (κ2) is 7.75. The lowest BCUT2D eigenvalue weighted by Gasteiger charge is -2.06. The predicted octanol–water partition coefficient (Wildman–Crippen LogP) is 4.44. The molecule has 0 fully saturated rings. The first-order chi connectivity index (χ1) is 9.81. The molecule has 0 bridgehead atoms. The molecule has 0 aliphatic heterocycles. The van der Waals surface area contributed by atoms with Gasteiger partial charge in [-0.3, -0.25) is 0 Å². The van der Waals surface area contributed by atoms with Crippen LogP contribution in [-0.4, -0.2) is 18.3 Å². The lowest BCUT2D eigenvalue weighted by atomic mass is 10.1. The van der Waals surface area contributed by atoms with Crippen LogP contribution >= 0.6 is 11.8 Å². The number of hydrogen-bond donors (Lipinski definition) is 0. The molecule has 0 radical (unpaired) electrons. The number of hydrogen-bond acceptors (Lipinski definition) is 3. The molecule has 0 atom stereocenters. The Bertz CT molecular complexity index is 587. The third-order valence-corrected chi connectivity index (χ3v) is 4.12. The van der Waals surface area contributed by atoms with Crippen molar-refractivity contribution in [3.05, 3.63) is 55.1 Å². The minimum absolute atomic E-state index is 0.341. The van der Waals surface area contributed by atoms with Crippen molar-refractivity contribution in [3.8, 4) is 0 Å². The smallest absolute Gasteiger partial charge is 0.330 e. The maximum absolute atomic E-state index is 10.9. The fraction of sp³-hybridized carbons (Fsp3) is 0.235. The number of carbonyl (C=O) groups excluding carboxylic acids is 1. The molecule has 0 aromatic heterocycles. The van der Waals surface area contributed by atoms with Crippen LogP contribution in [-0.2, 0) is 9.53 Å². The molecule has 0 unspecified atom stereocenters. The zero-order chi connectivity index (χ0) is 14.2. The van der Waals surface area contributed by atoms with Crippen molar-refractivity contribution < 1.29 is 9.53 Å². The highest BCUT2D eigenvalue weighted by Crippen LogP contribution is 2.28. The van der Waals surface area contributed by atoms with Gasteiger partial charge in [-0.1, -0.05) is 43.0 Å². The summed E-state index contributed by atoms with van der Waals surface area (Å²) < 4.78 is 4.95. The van der Waals surface area contributed by atoms with E-state index in [0.717, 1.165) is 18.6 Å². The molecule has 0 saturated heterocycles. The summed E-state index contributed by atoms with van der Waals surface area (Å²) in [4.78, 5) is 12.2. The van der Waals surface area contributed by atoms with Crippen LogP contribution in [0, 0.1) is 0 Å². The topological polar surface area (TPSA) is 26.3 Å². The van der Waals surface area contributed by atoms with Crippen molar-refractivity contribution >= 4 is 28.5 Å². The molecule has 2 aromatic carbocycles. The first-order valence-corrected chi connectivity index (χ1v) is 7.69. The van der Waals surface area contributed by atoms with Gasteiger partial charge in [0.1, 0.15) is 0 Å². The van der Waals surface area contributed by atoms with Gasteiger partial charge in [-0.25, -0.2) is 4.79 Å². The van der Waals surface area contributed by atoms with Gasteiger partial charge in [0, 0.05) is 11.0 Å². The Kier molecular flexibility index (Phi) is 5.69. The Morgan fingerprint density at radius 1 is 1.15 bits per heavy atom. The standard InChI is InChI=1S/C17H18O2S/c1-2-17(18)19-12-5-6-13-20-16-11-7-9-14-8-3-4-10-15(14)16/h2-4,7-11H,1,5-6,12-13H2. The summed E-state index contributed by atoms with van der Waals surface area (Å²) in [5.41, 5.74) is 0. The Hall–Kier alpha value is -1.74. The highest BCUT2D eigenvalue weighted by Gasteiger charge is 2.01. The van der Waals surface area contributed by atoms with Crippen molar-refractivity contribution in [2.45, 2.75) is 17.7 Å². The van der Waals surface area contributed by atoms with E-state index < -0.39 is 0 Å². The summed E-state index contributed by atoms with van der Waals surface area (Å²) in [5.74, 6) is 0.686. The number of carbonyl (C=O) groups is 1. The average molecular weight is 286 g/mol. The second-order valence-corrected chi connectivity index (χ2v) is 5.54. The third kappa shape index (κ3) is 4.14. The van der Waals surface area contributed by atoms with E-state index in [4.69, 9.17) is 4.74 Å². The molecule has 2 nitrogen and oxygen atoms in total. The van der Waals surface area contributed by atoms with E-state index in [9.17, 15) is 4.79 Å². The molecule has 0 aliphatic rings. The number of esters is 1. The molecular weight excluding hydrogens is 268 g/mol. The van der Waals surface area contributed by atoms with Crippen molar-refractivity contribution in [1.82, 2.24) is 0 Å². The van der Waals surface area contributed by atoms with E-state index in [1.165, 1.54) is 21.7 Å². The summed E-state index contributed by atoms with van der Waals surface area (Å²) in [7, 11) is 0. The van der Waals surface area contributed by atoms with E-state index >= 15 is 0 Å². The molecule has 0 heterocycles. The van der Waals surface area contributed by atoms with Gasteiger partial charge in [-0.2, -0.15) is 0 Å². The van der Waals surface area contributed by atoms with Gasteiger partial charge >= 0.3 is 5.97 Å². The van der Waals surface area contributed by atoms with E-state index in [1.807, 2.05) is 11.8 Å². The molecule has 0 aliphatic carbocycles. The quantitative estimate of drug-likeness (QED) is 0.326. The Morgan fingerprint density at radius 3 is 2.80 bits per heavy atom. The number of ether oxygens (including phenoxy) is 1. The number of fused-ring (bicyclic) bond motifs is 1. The SMILES string of the molecule is C=CC(=O)OCCCCSc1cccc2ccccc12. The van der Waals surface area contributed by atoms with Gasteiger partial charge in [0.25, 0.3) is 0 Å². The van der Waals surface area contributed by atoms with E-state index in [0.29, 0.717) is 6.61 Å². The molecule has 2 aromatic rings. The first kappa shape index (κ1) is 14.7. The zero-order valence-corrected chi connectivity index (χ0v) is 12.2. The first-order valence-electron chi connectivity index (χ1n) is 6.71. The van der Waals surface area contributed by atoms with Gasteiger partial charge in [-0.05, 0) is 35.4 Å². The van der Waals surface area contributed by atoms with Crippen LogP contribution in [0.4, 0.5) is 0 Å². The van der Waals surface area contributed by atoms with Gasteiger partial charge in [0.15, 0.2) is 0 Å². The minimum atomic E-state index is -0.341. The van der Waals surface area contributed by atoms with Crippen LogP contribution in [0.25, 0.3) is 10.8 Å². The fourth-order valence-electron chi connectivity index (χ4n) is 1.94. The highest BCUT2D eigenvalue weighted by molar-refractivity contribution is 7.99. The monoisotopic (exact) mass is 286 g/mol. The summed E-state index contributed by atoms with van der Waals surface area (Å²) in [5, 5.41) is 2.58. The maximum Gasteiger partial charge on any atom is 0.330 e. The largest absolute Gasteiger partial charge is 0.463 e. The Morgan fingerprint density at radius 2 is 1.95 bits per heavy atom. The van der Waals surface area contributed by atoms with E-state index in [2.05, 4.69) is 49.0 Å². The molecular formula is C17H18O2S. The highest BCUT2D eigenvalue weighted by atomic mass is 32.2. The van der Waals surface area contributed by atoms with Crippen LogP contribution in [0.3, 0.4) is 0 Å². The zero-order valence-electron chi connectivity index (χ0n) is 11.4. The maximum atomic E-state index is 10.9. The molecule has 2 rings (SSSR count). The second-order valence-electron chi connectivity index (χ2n) is 4.40. The number of benzene rings is 2. The molecule has 0 N–H and O–H groups in total. The molecule has 104 valence electrons. The van der Waals surface area contributed by atoms with E-state index in [-0.39, 0.29) is 5.97 Å². The summed E-state index contributed by atoms with van der Waals surface area (Å²) in [6.45, 7) is 3.84. The van der Waals surface area contributed by atoms with Crippen molar-refractivity contribution in [2.75, 3.05) is 12.4 Å². The van der Waals surface area contributed by atoms with Gasteiger partial charge < -0.3 is 4.74 Å². The normalized spacial score (nSPS) is 10.4. The molecule has 0 amide bonds. The van der Waals surface area contributed by atoms with Crippen LogP contribution in [0.15, 0.2) is 60.0 Å². The number of rotatable bonds is 7. The molecule has 0 spiro atoms. The molecule has 3 heteroatoms. The fourth-order valence-corrected chi connectivity index (χ4v) is 3.02. The third-order valence-electron chi connectivity index (χ3n) is 2.96. The van der Waals surface area contributed by atoms with Crippen LogP contribution in [0.1, 0.15) is 12.8 Å². The number of thioether (sulfide) groups is 1. The summed E-state index contributed by atoms with van der Waals surface area (Å²) in [6.07, 6.45) is 3.11. The Balaban J connectivity index is 1.79. The van der Waals surface area contributed by atoms with Crippen LogP contribution in [0.2, 0.25) is 0 Å². The van der Waals surface area contributed by atoms with E-state index in [1.54, 1.807) is 0 Å². The van der Waals surface area contributed by atoms with Gasteiger partial charge in [0.2, 0.25) is 0 Å². The summed E-state index contributed by atoms with van der Waals surface area (Å²) >= 11 is 1.85. The average Bonchev–Trinajstić information content (AvgIpc) is 2.50. The van der Waals surface area contributed by atoms with Gasteiger partial charge in [-0.15, -0.1) is 11.8 Å². The minimum Gasteiger partial charge on any atom is -0.463 e. The Labute approximate surface area is 123 Å². The van der Waals surface area contributed by atoms with Crippen LogP contribution < -0.4 is 0 Å². The molecule has 20 heavy (non-hydrogen) atoms. The summed E-state index contributed by atoms with van der Waals surface area (Å²) in [6, 6.07) is 14.8. The van der Waals surface area contributed by atoms with Crippen molar-refractivity contribution in [2.24, 2.45) is 0 Å². The van der Waals surface area contributed by atoms with Gasteiger partial charge in [0.05, 0.1) is 6.61 Å². The van der Waals surface area contributed by atoms with Crippen molar-refractivity contribution in [1.29, 1.82) is 0 Å². The predicted molar refractivity (Wildman–Crippen MR) is 85.1 cm³/mol. The van der Waals surface area contributed by atoms with Crippen molar-refractivity contribution in [3.63, 3.8) is 0 Å².